The molecule has 0 radical (unpaired) electrons. The molecule has 1 aliphatic heterocycles. The zero-order chi connectivity index (χ0) is 18.4. The molecule has 0 saturated carbocycles. The predicted molar refractivity (Wildman–Crippen MR) is 104 cm³/mol. The first kappa shape index (κ1) is 18.3. The topological polar surface area (TPSA) is 50.8 Å². The van der Waals surface area contributed by atoms with Gasteiger partial charge in [0.1, 0.15) is 5.75 Å². The number of benzene rings is 2. The zero-order valence-electron chi connectivity index (χ0n) is 15.4. The minimum Gasteiger partial charge on any atom is -0.484 e. The van der Waals surface area contributed by atoms with E-state index in [-0.39, 0.29) is 12.5 Å². The summed E-state index contributed by atoms with van der Waals surface area (Å²) >= 11 is 0. The lowest BCUT2D eigenvalue weighted by molar-refractivity contribution is -0.118. The summed E-state index contributed by atoms with van der Waals surface area (Å²) in [6, 6.07) is 15.7. The van der Waals surface area contributed by atoms with Gasteiger partial charge in [0, 0.05) is 24.5 Å². The molecule has 0 aromatic heterocycles. The number of morpholine rings is 1. The van der Waals surface area contributed by atoms with Gasteiger partial charge in [0.25, 0.3) is 5.91 Å². The van der Waals surface area contributed by atoms with Crippen molar-refractivity contribution in [3.63, 3.8) is 0 Å². The van der Waals surface area contributed by atoms with E-state index in [2.05, 4.69) is 24.1 Å². The van der Waals surface area contributed by atoms with Gasteiger partial charge in [-0.25, -0.2) is 0 Å². The van der Waals surface area contributed by atoms with Gasteiger partial charge in [0.15, 0.2) is 6.61 Å². The first-order valence-electron chi connectivity index (χ1n) is 9.07. The molecule has 138 valence electrons. The molecule has 1 heterocycles. The molecule has 0 atom stereocenters. The van der Waals surface area contributed by atoms with Crippen molar-refractivity contribution in [2.24, 2.45) is 0 Å². The Bertz CT molecular complexity index is 705. The number of anilines is 2. The summed E-state index contributed by atoms with van der Waals surface area (Å²) < 4.78 is 10.9. The standard InChI is InChI=1S/C21H26N2O3/c1-16(2)17-3-9-20(10-4-17)26-15-21(24)22-18-5-7-19(8-6-18)23-11-13-25-14-12-23/h3-10,16H,11-15H2,1-2H3,(H,22,24). The van der Waals surface area contributed by atoms with Gasteiger partial charge in [-0.2, -0.15) is 0 Å². The monoisotopic (exact) mass is 354 g/mol. The Labute approximate surface area is 154 Å². The molecule has 1 saturated heterocycles. The quantitative estimate of drug-likeness (QED) is 0.860. The average molecular weight is 354 g/mol. The molecule has 2 aromatic rings. The Morgan fingerprint density at radius 2 is 1.73 bits per heavy atom. The Morgan fingerprint density at radius 3 is 2.35 bits per heavy atom. The molecule has 3 rings (SSSR count). The molecule has 2 aromatic carbocycles. The second kappa shape index (κ2) is 8.72. The van der Waals surface area contributed by atoms with Gasteiger partial charge < -0.3 is 19.7 Å². The van der Waals surface area contributed by atoms with Crippen molar-refractivity contribution in [3.05, 3.63) is 54.1 Å². The summed E-state index contributed by atoms with van der Waals surface area (Å²) in [5, 5.41) is 2.86. The highest BCUT2D eigenvalue weighted by Gasteiger charge is 2.11. The number of carbonyl (C=O) groups excluding carboxylic acids is 1. The van der Waals surface area contributed by atoms with Crippen LogP contribution < -0.4 is 15.0 Å². The van der Waals surface area contributed by atoms with Crippen LogP contribution in [-0.4, -0.2) is 38.8 Å². The second-order valence-corrected chi connectivity index (χ2v) is 6.71. The van der Waals surface area contributed by atoms with Gasteiger partial charge in [0.05, 0.1) is 13.2 Å². The van der Waals surface area contributed by atoms with E-state index in [1.165, 1.54) is 5.56 Å². The smallest absolute Gasteiger partial charge is 0.262 e. The van der Waals surface area contributed by atoms with Crippen molar-refractivity contribution in [1.29, 1.82) is 0 Å². The van der Waals surface area contributed by atoms with Crippen LogP contribution >= 0.6 is 0 Å². The van der Waals surface area contributed by atoms with Gasteiger partial charge in [0.2, 0.25) is 0 Å². The fourth-order valence-corrected chi connectivity index (χ4v) is 2.87. The summed E-state index contributed by atoms with van der Waals surface area (Å²) in [5.74, 6) is 1.01. The maximum Gasteiger partial charge on any atom is 0.262 e. The number of carbonyl (C=O) groups is 1. The third kappa shape index (κ3) is 4.99. The van der Waals surface area contributed by atoms with Crippen molar-refractivity contribution in [2.45, 2.75) is 19.8 Å². The van der Waals surface area contributed by atoms with E-state index in [4.69, 9.17) is 9.47 Å². The molecular weight excluding hydrogens is 328 g/mol. The molecule has 0 unspecified atom stereocenters. The van der Waals surface area contributed by atoms with Crippen LogP contribution in [0.4, 0.5) is 11.4 Å². The summed E-state index contributed by atoms with van der Waals surface area (Å²) in [6.07, 6.45) is 0. The number of hydrogen-bond acceptors (Lipinski definition) is 4. The van der Waals surface area contributed by atoms with Crippen molar-refractivity contribution >= 4 is 17.3 Å². The van der Waals surface area contributed by atoms with Crippen LogP contribution in [0.2, 0.25) is 0 Å². The van der Waals surface area contributed by atoms with E-state index in [1.807, 2.05) is 48.5 Å². The summed E-state index contributed by atoms with van der Waals surface area (Å²) in [4.78, 5) is 14.4. The van der Waals surface area contributed by atoms with Crippen molar-refractivity contribution in [2.75, 3.05) is 43.1 Å². The highest BCUT2D eigenvalue weighted by Crippen LogP contribution is 2.20. The van der Waals surface area contributed by atoms with Crippen LogP contribution in [0, 0.1) is 0 Å². The van der Waals surface area contributed by atoms with Crippen LogP contribution in [0.5, 0.6) is 5.75 Å². The minimum absolute atomic E-state index is 0.00770. The van der Waals surface area contributed by atoms with Gasteiger partial charge in [-0.15, -0.1) is 0 Å². The summed E-state index contributed by atoms with van der Waals surface area (Å²) in [6.45, 7) is 7.60. The number of nitrogens with one attached hydrogen (secondary N) is 1. The van der Waals surface area contributed by atoms with Crippen molar-refractivity contribution in [3.8, 4) is 5.75 Å². The molecular formula is C21H26N2O3. The largest absolute Gasteiger partial charge is 0.484 e. The Morgan fingerprint density at radius 1 is 1.08 bits per heavy atom. The van der Waals surface area contributed by atoms with E-state index in [0.717, 1.165) is 37.7 Å². The van der Waals surface area contributed by atoms with E-state index in [1.54, 1.807) is 0 Å². The lowest BCUT2D eigenvalue weighted by Gasteiger charge is -2.28. The zero-order valence-corrected chi connectivity index (χ0v) is 15.4. The highest BCUT2D eigenvalue weighted by atomic mass is 16.5. The third-order valence-corrected chi connectivity index (χ3v) is 4.44. The molecule has 1 N–H and O–H groups in total. The third-order valence-electron chi connectivity index (χ3n) is 4.44. The van der Waals surface area contributed by atoms with Crippen molar-refractivity contribution < 1.29 is 14.3 Å². The minimum atomic E-state index is -0.169. The molecule has 0 bridgehead atoms. The number of ether oxygens (including phenoxy) is 2. The number of rotatable bonds is 6. The molecule has 1 aliphatic rings. The van der Waals surface area contributed by atoms with Gasteiger partial charge in [-0.1, -0.05) is 26.0 Å². The number of amides is 1. The first-order chi connectivity index (χ1) is 12.6. The Balaban J connectivity index is 1.48. The van der Waals surface area contributed by atoms with Crippen molar-refractivity contribution in [1.82, 2.24) is 0 Å². The Kier molecular flexibility index (Phi) is 6.12. The first-order valence-corrected chi connectivity index (χ1v) is 9.07. The summed E-state index contributed by atoms with van der Waals surface area (Å²) in [7, 11) is 0. The normalized spacial score (nSPS) is 14.3. The van der Waals surface area contributed by atoms with Gasteiger partial charge >= 0.3 is 0 Å². The highest BCUT2D eigenvalue weighted by molar-refractivity contribution is 5.92. The lowest BCUT2D eigenvalue weighted by atomic mass is 10.0. The second-order valence-electron chi connectivity index (χ2n) is 6.71. The predicted octanol–water partition coefficient (Wildman–Crippen LogP) is 3.66. The van der Waals surface area contributed by atoms with Gasteiger partial charge in [-0.05, 0) is 47.9 Å². The number of hydrogen-bond donors (Lipinski definition) is 1. The van der Waals surface area contributed by atoms with Crippen LogP contribution in [0.25, 0.3) is 0 Å². The fraction of sp³-hybridized carbons (Fsp3) is 0.381. The van der Waals surface area contributed by atoms with E-state index in [0.29, 0.717) is 11.7 Å². The van der Waals surface area contributed by atoms with E-state index in [9.17, 15) is 4.79 Å². The molecule has 26 heavy (non-hydrogen) atoms. The van der Waals surface area contributed by atoms with Crippen LogP contribution in [-0.2, 0) is 9.53 Å². The van der Waals surface area contributed by atoms with E-state index < -0.39 is 0 Å². The Hall–Kier alpha value is -2.53. The van der Waals surface area contributed by atoms with Crippen LogP contribution in [0.15, 0.2) is 48.5 Å². The van der Waals surface area contributed by atoms with Crippen LogP contribution in [0.1, 0.15) is 25.3 Å². The fourth-order valence-electron chi connectivity index (χ4n) is 2.87. The maximum atomic E-state index is 12.1. The molecule has 0 spiro atoms. The molecule has 1 amide bonds. The SMILES string of the molecule is CC(C)c1ccc(OCC(=O)Nc2ccc(N3CCOCC3)cc2)cc1. The lowest BCUT2D eigenvalue weighted by Crippen LogP contribution is -2.36. The molecule has 1 fully saturated rings. The summed E-state index contributed by atoms with van der Waals surface area (Å²) in [5.41, 5.74) is 3.17. The maximum absolute atomic E-state index is 12.1. The number of nitrogens with zero attached hydrogens (tertiary/aromatic N) is 1. The molecule has 5 nitrogen and oxygen atoms in total. The molecule has 5 heteroatoms. The van der Waals surface area contributed by atoms with Crippen LogP contribution in [0.3, 0.4) is 0 Å². The average Bonchev–Trinajstić information content (AvgIpc) is 2.68. The van der Waals surface area contributed by atoms with E-state index >= 15 is 0 Å². The molecule has 0 aliphatic carbocycles. The van der Waals surface area contributed by atoms with Gasteiger partial charge in [-0.3, -0.25) is 4.79 Å².